The minimum Gasteiger partial charge on any atom is -0.421 e. The molecule has 100 valence electrons. The van der Waals surface area contributed by atoms with Gasteiger partial charge < -0.3 is 9.73 Å². The second-order valence-corrected chi connectivity index (χ2v) is 5.46. The highest BCUT2D eigenvalue weighted by molar-refractivity contribution is 9.10. The molecule has 0 radical (unpaired) electrons. The first-order chi connectivity index (χ1) is 9.22. The highest BCUT2D eigenvalue weighted by atomic mass is 79.9. The molecule has 1 aromatic carbocycles. The Morgan fingerprint density at radius 3 is 2.95 bits per heavy atom. The molecule has 1 aliphatic rings. The molecule has 0 saturated heterocycles. The van der Waals surface area contributed by atoms with E-state index in [0.29, 0.717) is 34.3 Å². The number of rotatable bonds is 5. The van der Waals surface area contributed by atoms with Gasteiger partial charge in [-0.1, -0.05) is 0 Å². The molecule has 0 bridgehead atoms. The summed E-state index contributed by atoms with van der Waals surface area (Å²) in [7, 11) is 0. The molecule has 0 atom stereocenters. The maximum absolute atomic E-state index is 13.1. The molecule has 1 fully saturated rings. The van der Waals surface area contributed by atoms with Crippen molar-refractivity contribution in [2.45, 2.75) is 25.3 Å². The van der Waals surface area contributed by atoms with Crippen molar-refractivity contribution in [3.8, 4) is 11.5 Å². The lowest BCUT2D eigenvalue weighted by molar-refractivity contribution is 0.494. The zero-order chi connectivity index (χ0) is 13.2. The quantitative estimate of drug-likeness (QED) is 0.918. The summed E-state index contributed by atoms with van der Waals surface area (Å²) in [5, 5.41) is 11.4. The van der Waals surface area contributed by atoms with E-state index < -0.39 is 0 Å². The van der Waals surface area contributed by atoms with Gasteiger partial charge in [0.1, 0.15) is 5.82 Å². The average molecular weight is 326 g/mol. The van der Waals surface area contributed by atoms with Crippen LogP contribution in [0.15, 0.2) is 27.1 Å². The Morgan fingerprint density at radius 2 is 2.21 bits per heavy atom. The van der Waals surface area contributed by atoms with Gasteiger partial charge in [-0.2, -0.15) is 0 Å². The van der Waals surface area contributed by atoms with Gasteiger partial charge >= 0.3 is 0 Å². The second kappa shape index (κ2) is 5.38. The summed E-state index contributed by atoms with van der Waals surface area (Å²) >= 11 is 3.14. The van der Waals surface area contributed by atoms with Gasteiger partial charge in [-0.3, -0.25) is 0 Å². The van der Waals surface area contributed by atoms with Crippen LogP contribution < -0.4 is 5.32 Å². The Balaban J connectivity index is 1.67. The predicted molar refractivity (Wildman–Crippen MR) is 72.1 cm³/mol. The third-order valence-electron chi connectivity index (χ3n) is 2.98. The Bertz CT molecular complexity index is 583. The van der Waals surface area contributed by atoms with Crippen molar-refractivity contribution >= 4 is 15.9 Å². The number of hydrogen-bond acceptors (Lipinski definition) is 4. The van der Waals surface area contributed by atoms with E-state index in [1.165, 1.54) is 18.9 Å². The maximum Gasteiger partial charge on any atom is 0.247 e. The van der Waals surface area contributed by atoms with E-state index in [0.717, 1.165) is 6.54 Å². The number of nitrogens with zero attached hydrogens (tertiary/aromatic N) is 2. The van der Waals surface area contributed by atoms with Gasteiger partial charge in [-0.25, -0.2) is 4.39 Å². The zero-order valence-corrected chi connectivity index (χ0v) is 11.8. The van der Waals surface area contributed by atoms with Gasteiger partial charge in [-0.05, 0) is 47.0 Å². The number of benzene rings is 1. The highest BCUT2D eigenvalue weighted by Crippen LogP contribution is 2.24. The molecular formula is C13H13BrFN3O. The van der Waals surface area contributed by atoms with Crippen molar-refractivity contribution in [3.05, 3.63) is 34.4 Å². The normalized spacial score (nSPS) is 14.8. The van der Waals surface area contributed by atoms with E-state index in [9.17, 15) is 4.39 Å². The maximum atomic E-state index is 13.1. The standard InChI is InChI=1S/C13H13BrFN3O/c14-10-7-8(1-4-11(10)15)13-18-17-12(19-13)5-6-16-9-2-3-9/h1,4,7,9,16H,2-3,5-6H2. The van der Waals surface area contributed by atoms with E-state index in [2.05, 4.69) is 31.4 Å². The van der Waals surface area contributed by atoms with Crippen LogP contribution in [0, 0.1) is 5.82 Å². The molecule has 3 rings (SSSR count). The number of nitrogens with one attached hydrogen (secondary N) is 1. The lowest BCUT2D eigenvalue weighted by Crippen LogP contribution is -2.19. The van der Waals surface area contributed by atoms with Gasteiger partial charge in [0.25, 0.3) is 0 Å². The zero-order valence-electron chi connectivity index (χ0n) is 10.2. The number of hydrogen-bond donors (Lipinski definition) is 1. The van der Waals surface area contributed by atoms with Gasteiger partial charge in [0.05, 0.1) is 4.47 Å². The summed E-state index contributed by atoms with van der Waals surface area (Å²) in [5.74, 6) is 0.711. The van der Waals surface area contributed by atoms with Crippen molar-refractivity contribution in [2.24, 2.45) is 0 Å². The third-order valence-corrected chi connectivity index (χ3v) is 3.59. The van der Waals surface area contributed by atoms with Crippen LogP contribution in [0.4, 0.5) is 4.39 Å². The highest BCUT2D eigenvalue weighted by Gasteiger charge is 2.20. The van der Waals surface area contributed by atoms with Crippen molar-refractivity contribution in [2.75, 3.05) is 6.54 Å². The van der Waals surface area contributed by atoms with Crippen LogP contribution in [0.3, 0.4) is 0 Å². The smallest absolute Gasteiger partial charge is 0.247 e. The summed E-state index contributed by atoms with van der Waals surface area (Å²) in [5.41, 5.74) is 0.710. The first-order valence-corrected chi connectivity index (χ1v) is 7.03. The fourth-order valence-corrected chi connectivity index (χ4v) is 2.15. The van der Waals surface area contributed by atoms with Crippen LogP contribution in [-0.4, -0.2) is 22.8 Å². The van der Waals surface area contributed by atoms with Crippen LogP contribution in [0.2, 0.25) is 0 Å². The van der Waals surface area contributed by atoms with Crippen molar-refractivity contribution in [3.63, 3.8) is 0 Å². The van der Waals surface area contributed by atoms with E-state index in [1.807, 2.05) is 0 Å². The molecule has 0 aliphatic heterocycles. The molecule has 1 heterocycles. The van der Waals surface area contributed by atoms with Crippen molar-refractivity contribution in [1.29, 1.82) is 0 Å². The largest absolute Gasteiger partial charge is 0.421 e. The van der Waals surface area contributed by atoms with E-state index in [4.69, 9.17) is 4.42 Å². The Labute approximate surface area is 118 Å². The molecule has 1 aromatic heterocycles. The summed E-state index contributed by atoms with van der Waals surface area (Å²) in [4.78, 5) is 0. The molecule has 0 amide bonds. The topological polar surface area (TPSA) is 51.0 Å². The third kappa shape index (κ3) is 3.19. The molecule has 4 nitrogen and oxygen atoms in total. The van der Waals surface area contributed by atoms with E-state index in [1.54, 1.807) is 12.1 Å². The molecule has 1 aliphatic carbocycles. The molecule has 6 heteroatoms. The first-order valence-electron chi connectivity index (χ1n) is 6.23. The van der Waals surface area contributed by atoms with Gasteiger partial charge in [0.15, 0.2) is 0 Å². The fraction of sp³-hybridized carbons (Fsp3) is 0.385. The van der Waals surface area contributed by atoms with E-state index >= 15 is 0 Å². The SMILES string of the molecule is Fc1ccc(-c2nnc(CCNC3CC3)o2)cc1Br. The van der Waals surface area contributed by atoms with Gasteiger partial charge in [0, 0.05) is 24.6 Å². The van der Waals surface area contributed by atoms with Crippen LogP contribution in [0.1, 0.15) is 18.7 Å². The lowest BCUT2D eigenvalue weighted by atomic mass is 10.2. The molecular weight excluding hydrogens is 313 g/mol. The molecule has 19 heavy (non-hydrogen) atoms. The van der Waals surface area contributed by atoms with E-state index in [-0.39, 0.29) is 5.82 Å². The fourth-order valence-electron chi connectivity index (χ4n) is 1.77. The Kier molecular flexibility index (Phi) is 3.61. The number of halogens is 2. The summed E-state index contributed by atoms with van der Waals surface area (Å²) in [6.07, 6.45) is 3.24. The molecule has 1 N–H and O–H groups in total. The monoisotopic (exact) mass is 325 g/mol. The molecule has 1 saturated carbocycles. The lowest BCUT2D eigenvalue weighted by Gasteiger charge is -1.98. The Hall–Kier alpha value is -1.27. The predicted octanol–water partition coefficient (Wildman–Crippen LogP) is 2.93. The van der Waals surface area contributed by atoms with Crippen molar-refractivity contribution < 1.29 is 8.81 Å². The van der Waals surface area contributed by atoms with Crippen molar-refractivity contribution in [1.82, 2.24) is 15.5 Å². The van der Waals surface area contributed by atoms with Crippen LogP contribution >= 0.6 is 15.9 Å². The molecule has 2 aromatic rings. The van der Waals surface area contributed by atoms with Gasteiger partial charge in [0.2, 0.25) is 11.8 Å². The van der Waals surface area contributed by atoms with Crippen LogP contribution in [0.5, 0.6) is 0 Å². The van der Waals surface area contributed by atoms with Crippen LogP contribution in [0.25, 0.3) is 11.5 Å². The first kappa shape index (κ1) is 12.7. The summed E-state index contributed by atoms with van der Waals surface area (Å²) in [6.45, 7) is 0.847. The molecule has 0 unspecified atom stereocenters. The summed E-state index contributed by atoms with van der Waals surface area (Å²) < 4.78 is 19.1. The minimum atomic E-state index is -0.308. The van der Waals surface area contributed by atoms with Gasteiger partial charge in [-0.15, -0.1) is 10.2 Å². The second-order valence-electron chi connectivity index (χ2n) is 4.61. The summed E-state index contributed by atoms with van der Waals surface area (Å²) in [6, 6.07) is 5.31. The number of aromatic nitrogens is 2. The van der Waals surface area contributed by atoms with Crippen LogP contribution in [-0.2, 0) is 6.42 Å². The Morgan fingerprint density at radius 1 is 1.37 bits per heavy atom. The molecule has 0 spiro atoms. The average Bonchev–Trinajstić information content (AvgIpc) is 3.10. The minimum absolute atomic E-state index is 0.308.